The zero-order valence-corrected chi connectivity index (χ0v) is 23.1. The molecule has 3 aromatic carbocycles. The zero-order valence-electron chi connectivity index (χ0n) is 18.6. The number of benzene rings is 3. The van der Waals surface area contributed by atoms with Crippen LogP contribution in [0, 0.1) is 5.92 Å². The van der Waals surface area contributed by atoms with Gasteiger partial charge in [0.2, 0.25) is 5.91 Å². The summed E-state index contributed by atoms with van der Waals surface area (Å²) in [5.41, 5.74) is 4.21. The van der Waals surface area contributed by atoms with Crippen molar-refractivity contribution in [3.05, 3.63) is 91.4 Å². The van der Waals surface area contributed by atoms with Crippen molar-refractivity contribution in [2.24, 2.45) is 5.92 Å². The summed E-state index contributed by atoms with van der Waals surface area (Å²) < 4.78 is 37.8. The van der Waals surface area contributed by atoms with E-state index in [1.54, 1.807) is 12.1 Å². The van der Waals surface area contributed by atoms with Crippen molar-refractivity contribution in [2.75, 3.05) is 10.7 Å². The fourth-order valence-electron chi connectivity index (χ4n) is 3.84. The molecule has 38 heavy (non-hydrogen) atoms. The second-order valence-corrected chi connectivity index (χ2v) is 11.4. The van der Waals surface area contributed by atoms with Gasteiger partial charge in [-0.25, -0.2) is 0 Å². The van der Waals surface area contributed by atoms with E-state index in [1.165, 1.54) is 30.3 Å². The van der Waals surface area contributed by atoms with Crippen LogP contribution >= 0.6 is 69.6 Å². The molecular weight excluding hydrogens is 632 g/mol. The maximum atomic E-state index is 13.1. The van der Waals surface area contributed by atoms with Crippen molar-refractivity contribution >= 4 is 92.8 Å². The summed E-state index contributed by atoms with van der Waals surface area (Å²) in [4.78, 5) is 25.7. The Balaban J connectivity index is 1.46. The van der Waals surface area contributed by atoms with Crippen LogP contribution in [0.5, 0.6) is 0 Å². The second kappa shape index (κ2) is 10.8. The quantitative estimate of drug-likeness (QED) is 0.186. The van der Waals surface area contributed by atoms with Crippen molar-refractivity contribution in [2.45, 2.75) is 16.4 Å². The molecule has 2 amide bonds. The molecular formula is C24H14Cl6F3N3O2. The van der Waals surface area contributed by atoms with Gasteiger partial charge in [-0.3, -0.25) is 20.4 Å². The molecule has 5 nitrogen and oxygen atoms in total. The average molecular weight is 646 g/mol. The van der Waals surface area contributed by atoms with E-state index in [9.17, 15) is 22.8 Å². The summed E-state index contributed by atoms with van der Waals surface area (Å²) in [5, 5.41) is 2.89. The van der Waals surface area contributed by atoms with Crippen LogP contribution in [0.1, 0.15) is 27.4 Å². The van der Waals surface area contributed by atoms with E-state index in [2.05, 4.69) is 16.2 Å². The highest BCUT2D eigenvalue weighted by molar-refractivity contribution is 6.53. The molecule has 0 radical (unpaired) electrons. The predicted molar refractivity (Wildman–Crippen MR) is 145 cm³/mol. The van der Waals surface area contributed by atoms with Crippen molar-refractivity contribution in [3.63, 3.8) is 0 Å². The van der Waals surface area contributed by atoms with Crippen molar-refractivity contribution in [1.29, 1.82) is 0 Å². The maximum absolute atomic E-state index is 13.1. The van der Waals surface area contributed by atoms with Gasteiger partial charge in [0.15, 0.2) is 0 Å². The number of amides is 2. The van der Waals surface area contributed by atoms with Crippen molar-refractivity contribution in [3.8, 4) is 0 Å². The van der Waals surface area contributed by atoms with Gasteiger partial charge in [-0.1, -0.05) is 46.4 Å². The number of carbonyl (C=O) groups is 2. The Morgan fingerprint density at radius 1 is 0.816 bits per heavy atom. The van der Waals surface area contributed by atoms with Gasteiger partial charge in [-0.05, 0) is 60.2 Å². The Bertz CT molecular complexity index is 1410. The molecule has 2 atom stereocenters. The lowest BCUT2D eigenvalue weighted by Gasteiger charge is -2.14. The van der Waals surface area contributed by atoms with E-state index in [1.807, 2.05) is 0 Å². The van der Waals surface area contributed by atoms with E-state index in [0.717, 1.165) is 12.1 Å². The highest BCUT2D eigenvalue weighted by Gasteiger charge is 2.67. The number of nitrogens with one attached hydrogen (secondary N) is 3. The van der Waals surface area contributed by atoms with Crippen LogP contribution < -0.4 is 16.2 Å². The molecule has 1 aliphatic carbocycles. The molecule has 0 aromatic heterocycles. The molecule has 0 aliphatic heterocycles. The molecule has 1 saturated carbocycles. The van der Waals surface area contributed by atoms with Gasteiger partial charge in [-0.2, -0.15) is 13.2 Å². The Morgan fingerprint density at radius 2 is 1.42 bits per heavy atom. The monoisotopic (exact) mass is 643 g/mol. The third kappa shape index (κ3) is 6.22. The first-order valence-electron chi connectivity index (χ1n) is 10.6. The van der Waals surface area contributed by atoms with Gasteiger partial charge in [0.25, 0.3) is 5.91 Å². The number of hydrazine groups is 1. The third-order valence-electron chi connectivity index (χ3n) is 5.65. The van der Waals surface area contributed by atoms with E-state index in [0.29, 0.717) is 15.6 Å². The first-order chi connectivity index (χ1) is 17.7. The number of hydrogen-bond acceptors (Lipinski definition) is 3. The fourth-order valence-corrected chi connectivity index (χ4v) is 5.64. The molecule has 14 heteroatoms. The van der Waals surface area contributed by atoms with Crippen LogP contribution in [0.3, 0.4) is 0 Å². The van der Waals surface area contributed by atoms with Gasteiger partial charge >= 0.3 is 6.18 Å². The zero-order chi connectivity index (χ0) is 28.0. The third-order valence-corrected chi connectivity index (χ3v) is 7.69. The van der Waals surface area contributed by atoms with Gasteiger partial charge in [-0.15, -0.1) is 23.2 Å². The molecule has 0 bridgehead atoms. The summed E-state index contributed by atoms with van der Waals surface area (Å²) >= 11 is 36.6. The van der Waals surface area contributed by atoms with Crippen molar-refractivity contribution in [1.82, 2.24) is 5.43 Å². The molecule has 4 rings (SSSR count). The number of halogens is 9. The first-order valence-corrected chi connectivity index (χ1v) is 12.8. The lowest BCUT2D eigenvalue weighted by Crippen LogP contribution is -2.30. The van der Waals surface area contributed by atoms with Crippen LogP contribution in [-0.4, -0.2) is 16.1 Å². The number of anilines is 2. The predicted octanol–water partition coefficient (Wildman–Crippen LogP) is 8.60. The van der Waals surface area contributed by atoms with Crippen LogP contribution in [0.4, 0.5) is 24.5 Å². The summed E-state index contributed by atoms with van der Waals surface area (Å²) in [5.74, 6) is -2.73. The molecule has 3 aromatic rings. The Hall–Kier alpha value is -2.07. The average Bonchev–Trinajstić information content (AvgIpc) is 3.40. The molecule has 0 spiro atoms. The van der Waals surface area contributed by atoms with Crippen LogP contribution in [0.15, 0.2) is 54.6 Å². The fraction of sp³-hybridized carbons (Fsp3) is 0.167. The summed E-state index contributed by atoms with van der Waals surface area (Å²) in [6.45, 7) is 0. The summed E-state index contributed by atoms with van der Waals surface area (Å²) in [7, 11) is 0. The number of alkyl halides is 5. The van der Waals surface area contributed by atoms with Gasteiger partial charge in [0.1, 0.15) is 4.33 Å². The van der Waals surface area contributed by atoms with Gasteiger partial charge in [0.05, 0.1) is 32.8 Å². The Kier molecular flexibility index (Phi) is 8.25. The normalized spacial score (nSPS) is 18.0. The lowest BCUT2D eigenvalue weighted by atomic mass is 10.1. The minimum Gasteiger partial charge on any atom is -0.326 e. The molecule has 0 saturated heterocycles. The smallest absolute Gasteiger partial charge is 0.326 e. The first kappa shape index (κ1) is 28.9. The van der Waals surface area contributed by atoms with Gasteiger partial charge < -0.3 is 5.32 Å². The molecule has 2 unspecified atom stereocenters. The highest BCUT2D eigenvalue weighted by atomic mass is 35.5. The highest BCUT2D eigenvalue weighted by Crippen LogP contribution is 2.65. The van der Waals surface area contributed by atoms with Crippen LogP contribution in [0.25, 0.3) is 0 Å². The molecule has 1 fully saturated rings. The van der Waals surface area contributed by atoms with Crippen molar-refractivity contribution < 1.29 is 22.8 Å². The van der Waals surface area contributed by atoms with E-state index in [-0.39, 0.29) is 22.0 Å². The number of rotatable bonds is 6. The standard InChI is InChI=1S/C24H14Cl6F3N3O2/c25-11-5-10(6-12(26)7-11)19-20(23(19,29)30)22(38)34-13-1-3-17(27)15(8-13)21(37)36-35-14-2-4-18(28)16(9-14)24(31,32)33/h1-9,19-20,35H,(H,34,38)(H,36,37). The molecule has 0 heterocycles. The Labute approximate surface area is 244 Å². The molecule has 1 aliphatic rings. The number of carbonyl (C=O) groups excluding carboxylic acids is 2. The van der Waals surface area contributed by atoms with E-state index < -0.39 is 44.7 Å². The number of hydrogen-bond donors (Lipinski definition) is 3. The van der Waals surface area contributed by atoms with E-state index in [4.69, 9.17) is 69.6 Å². The topological polar surface area (TPSA) is 70.2 Å². The van der Waals surface area contributed by atoms with Crippen LogP contribution in [-0.2, 0) is 11.0 Å². The molecule has 200 valence electrons. The van der Waals surface area contributed by atoms with E-state index >= 15 is 0 Å². The largest absolute Gasteiger partial charge is 0.417 e. The van der Waals surface area contributed by atoms with Crippen LogP contribution in [0.2, 0.25) is 20.1 Å². The summed E-state index contributed by atoms with van der Waals surface area (Å²) in [6, 6.07) is 11.9. The summed E-state index contributed by atoms with van der Waals surface area (Å²) in [6.07, 6.45) is -4.68. The Morgan fingerprint density at radius 3 is 2.05 bits per heavy atom. The second-order valence-electron chi connectivity index (χ2n) is 8.29. The minimum atomic E-state index is -4.68. The minimum absolute atomic E-state index is 0.0243. The maximum Gasteiger partial charge on any atom is 0.417 e. The lowest BCUT2D eigenvalue weighted by molar-refractivity contribution is -0.137. The van der Waals surface area contributed by atoms with Gasteiger partial charge in [0, 0.05) is 21.7 Å². The SMILES string of the molecule is O=C(NNc1ccc(Cl)c(C(F)(F)F)c1)c1cc(NC(=O)C2C(c3cc(Cl)cc(Cl)c3)C2(Cl)Cl)ccc1Cl. The molecule has 3 N–H and O–H groups in total.